The van der Waals surface area contributed by atoms with Crippen molar-refractivity contribution in [2.24, 2.45) is 5.92 Å². The fourth-order valence-electron chi connectivity index (χ4n) is 3.27. The Morgan fingerprint density at radius 2 is 1.77 bits per heavy atom. The second kappa shape index (κ2) is 7.55. The van der Waals surface area contributed by atoms with Gasteiger partial charge in [-0.1, -0.05) is 36.4 Å². The predicted molar refractivity (Wildman–Crippen MR) is 92.4 cm³/mol. The second-order valence-electron chi connectivity index (χ2n) is 6.47. The van der Waals surface area contributed by atoms with Crippen LogP contribution in [0, 0.1) is 11.7 Å². The number of sulfonamides is 1. The first-order valence-corrected chi connectivity index (χ1v) is 9.87. The molecule has 0 aromatic heterocycles. The summed E-state index contributed by atoms with van der Waals surface area (Å²) in [6.45, 7) is 0.573. The summed E-state index contributed by atoms with van der Waals surface area (Å²) in [5.41, 5.74) is 0.852. The normalized spacial score (nSPS) is 16.5. The quantitative estimate of drug-likeness (QED) is 0.798. The minimum absolute atomic E-state index is 0.287. The molecule has 1 aliphatic rings. The van der Waals surface area contributed by atoms with E-state index >= 15 is 0 Å². The fourth-order valence-corrected chi connectivity index (χ4v) is 4.83. The van der Waals surface area contributed by atoms with Crippen LogP contribution in [0.3, 0.4) is 0 Å². The number of carbonyl (C=O) groups is 1. The number of nitrogens with zero attached hydrogens (tertiary/aromatic N) is 1. The van der Waals surface area contributed by atoms with Gasteiger partial charge in [0.25, 0.3) is 0 Å². The molecule has 3 rings (SSSR count). The zero-order chi connectivity index (χ0) is 18.7. The number of halogens is 1. The summed E-state index contributed by atoms with van der Waals surface area (Å²) in [6.07, 6.45) is 2.23. The van der Waals surface area contributed by atoms with E-state index in [2.05, 4.69) is 0 Å². The molecule has 2 aromatic carbocycles. The smallest absolute Gasteiger partial charge is 0.246 e. The molecule has 0 spiro atoms. The molecule has 0 radical (unpaired) electrons. The number of benzene rings is 2. The molecule has 0 amide bonds. The number of aromatic carboxylic acids is 1. The Balaban J connectivity index is 1.72. The summed E-state index contributed by atoms with van der Waals surface area (Å²) >= 11 is 0. The Hall–Kier alpha value is -2.25. The summed E-state index contributed by atoms with van der Waals surface area (Å²) in [5, 5.41) is 10.9. The lowest BCUT2D eigenvalue weighted by atomic mass is 9.91. The standard InChI is InChI=1S/C19H20FNO4S/c20-17-7-6-16(19(22)23)13-18(17)26(24,25)21-10-8-15(9-11-21)12-14-4-2-1-3-5-14/h1-7,13,15H,8-12H2,(H,22,23)/p-1. The van der Waals surface area contributed by atoms with Gasteiger partial charge >= 0.3 is 0 Å². The lowest BCUT2D eigenvalue weighted by molar-refractivity contribution is -0.255. The molecule has 1 saturated heterocycles. The fraction of sp³-hybridized carbons (Fsp3) is 0.316. The second-order valence-corrected chi connectivity index (χ2v) is 8.38. The molecular weight excluding hydrogens is 357 g/mol. The minimum Gasteiger partial charge on any atom is -0.545 e. The predicted octanol–water partition coefficient (Wildman–Crippen LogP) is 1.83. The topological polar surface area (TPSA) is 77.5 Å². The van der Waals surface area contributed by atoms with Crippen LogP contribution in [0.25, 0.3) is 0 Å². The van der Waals surface area contributed by atoms with Crippen LogP contribution in [-0.2, 0) is 16.4 Å². The maximum atomic E-state index is 14.0. The van der Waals surface area contributed by atoms with E-state index in [1.807, 2.05) is 30.3 Å². The molecule has 0 bridgehead atoms. The maximum absolute atomic E-state index is 14.0. The zero-order valence-electron chi connectivity index (χ0n) is 14.1. The van der Waals surface area contributed by atoms with Crippen molar-refractivity contribution in [3.8, 4) is 0 Å². The molecule has 0 saturated carbocycles. The largest absolute Gasteiger partial charge is 0.545 e. The van der Waals surface area contributed by atoms with Gasteiger partial charge in [-0.25, -0.2) is 12.8 Å². The minimum atomic E-state index is -4.08. The molecule has 0 N–H and O–H groups in total. The molecule has 0 aliphatic carbocycles. The number of hydrogen-bond donors (Lipinski definition) is 0. The highest BCUT2D eigenvalue weighted by Crippen LogP contribution is 2.27. The van der Waals surface area contributed by atoms with Crippen molar-refractivity contribution >= 4 is 16.0 Å². The van der Waals surface area contributed by atoms with Gasteiger partial charge in [-0.05, 0) is 48.4 Å². The van der Waals surface area contributed by atoms with Crippen molar-refractivity contribution in [1.29, 1.82) is 0 Å². The zero-order valence-corrected chi connectivity index (χ0v) is 14.9. The number of rotatable bonds is 5. The number of hydrogen-bond acceptors (Lipinski definition) is 4. The van der Waals surface area contributed by atoms with Crippen molar-refractivity contribution in [3.63, 3.8) is 0 Å². The van der Waals surface area contributed by atoms with E-state index in [-0.39, 0.29) is 18.7 Å². The number of carboxylic acid groups (broad SMARTS) is 1. The third kappa shape index (κ3) is 3.94. The Morgan fingerprint density at radius 3 is 2.38 bits per heavy atom. The van der Waals surface area contributed by atoms with Gasteiger partial charge < -0.3 is 9.90 Å². The molecule has 5 nitrogen and oxygen atoms in total. The van der Waals surface area contributed by atoms with E-state index in [1.165, 1.54) is 9.87 Å². The number of carbonyl (C=O) groups excluding carboxylic acids is 1. The van der Waals surface area contributed by atoms with Gasteiger partial charge in [0.2, 0.25) is 10.0 Å². The van der Waals surface area contributed by atoms with Crippen molar-refractivity contribution in [2.75, 3.05) is 13.1 Å². The molecule has 1 heterocycles. The van der Waals surface area contributed by atoms with E-state index in [0.29, 0.717) is 18.8 Å². The monoisotopic (exact) mass is 376 g/mol. The molecule has 7 heteroatoms. The third-order valence-electron chi connectivity index (χ3n) is 4.73. The SMILES string of the molecule is O=C([O-])c1ccc(F)c(S(=O)(=O)N2CCC(Cc3ccccc3)CC2)c1. The average Bonchev–Trinajstić information content (AvgIpc) is 2.63. The number of carboxylic acids is 1. The molecule has 2 aromatic rings. The first kappa shape index (κ1) is 18.5. The maximum Gasteiger partial charge on any atom is 0.246 e. The van der Waals surface area contributed by atoms with Gasteiger partial charge in [0.1, 0.15) is 10.7 Å². The first-order valence-electron chi connectivity index (χ1n) is 8.43. The van der Waals surface area contributed by atoms with Crippen molar-refractivity contribution in [2.45, 2.75) is 24.2 Å². The molecule has 0 unspecified atom stereocenters. The molecule has 138 valence electrons. The van der Waals surface area contributed by atoms with E-state index in [4.69, 9.17) is 0 Å². The van der Waals surface area contributed by atoms with Gasteiger partial charge in [-0.2, -0.15) is 4.31 Å². The Morgan fingerprint density at radius 1 is 1.12 bits per heavy atom. The van der Waals surface area contributed by atoms with Gasteiger partial charge in [0.15, 0.2) is 0 Å². The number of piperidine rings is 1. The third-order valence-corrected chi connectivity index (χ3v) is 6.64. The van der Waals surface area contributed by atoms with Gasteiger partial charge in [-0.15, -0.1) is 0 Å². The van der Waals surface area contributed by atoms with Crippen molar-refractivity contribution in [1.82, 2.24) is 4.31 Å². The lowest BCUT2D eigenvalue weighted by Crippen LogP contribution is -2.39. The van der Waals surface area contributed by atoms with Gasteiger partial charge in [0, 0.05) is 13.1 Å². The molecule has 1 fully saturated rings. The summed E-state index contributed by atoms with van der Waals surface area (Å²) in [7, 11) is -4.08. The van der Waals surface area contributed by atoms with Crippen LogP contribution in [0.1, 0.15) is 28.8 Å². The molecular formula is C19H19FNO4S-. The average molecular weight is 376 g/mol. The van der Waals surface area contributed by atoms with Crippen LogP contribution in [0.2, 0.25) is 0 Å². The molecule has 26 heavy (non-hydrogen) atoms. The highest BCUT2D eigenvalue weighted by Gasteiger charge is 2.31. The van der Waals surface area contributed by atoms with Crippen LogP contribution in [0.5, 0.6) is 0 Å². The first-order chi connectivity index (χ1) is 12.4. The van der Waals surface area contributed by atoms with Crippen LogP contribution in [0.4, 0.5) is 4.39 Å². The van der Waals surface area contributed by atoms with E-state index in [9.17, 15) is 22.7 Å². The van der Waals surface area contributed by atoms with E-state index in [1.54, 1.807) is 0 Å². The summed E-state index contributed by atoms with van der Waals surface area (Å²) in [4.78, 5) is 10.3. The molecule has 1 aliphatic heterocycles. The van der Waals surface area contributed by atoms with Crippen LogP contribution < -0.4 is 5.11 Å². The summed E-state index contributed by atoms with van der Waals surface area (Å²) < 4.78 is 40.7. The van der Waals surface area contributed by atoms with Gasteiger partial charge in [-0.3, -0.25) is 0 Å². The van der Waals surface area contributed by atoms with E-state index in [0.717, 1.165) is 24.6 Å². The Kier molecular flexibility index (Phi) is 5.38. The Labute approximate surface area is 152 Å². The van der Waals surface area contributed by atoms with Crippen molar-refractivity contribution in [3.05, 3.63) is 65.5 Å². The Bertz CT molecular complexity index is 891. The highest BCUT2D eigenvalue weighted by molar-refractivity contribution is 7.89. The van der Waals surface area contributed by atoms with Crippen LogP contribution in [0.15, 0.2) is 53.4 Å². The van der Waals surface area contributed by atoms with E-state index < -0.39 is 26.7 Å². The van der Waals surface area contributed by atoms with Gasteiger partial charge in [0.05, 0.1) is 5.97 Å². The summed E-state index contributed by atoms with van der Waals surface area (Å²) in [5.74, 6) is -2.13. The van der Waals surface area contributed by atoms with Crippen LogP contribution >= 0.6 is 0 Å². The van der Waals surface area contributed by atoms with Crippen molar-refractivity contribution < 1.29 is 22.7 Å². The highest BCUT2D eigenvalue weighted by atomic mass is 32.2. The summed E-state index contributed by atoms with van der Waals surface area (Å²) in [6, 6.07) is 12.7. The van der Waals surface area contributed by atoms with Crippen LogP contribution in [-0.4, -0.2) is 31.8 Å². The molecule has 0 atom stereocenters. The lowest BCUT2D eigenvalue weighted by Gasteiger charge is -2.31.